The van der Waals surface area contributed by atoms with Crippen LogP contribution in [0.4, 0.5) is 0 Å². The molecule has 26 heavy (non-hydrogen) atoms. The fourth-order valence-corrected chi connectivity index (χ4v) is 2.28. The minimum atomic E-state index is -1.48. The summed E-state index contributed by atoms with van der Waals surface area (Å²) in [6.45, 7) is 5.58. The summed E-state index contributed by atoms with van der Waals surface area (Å²) in [7, 11) is 1.88. The predicted octanol–water partition coefficient (Wildman–Crippen LogP) is -2.77. The van der Waals surface area contributed by atoms with Crippen LogP contribution in [0.1, 0.15) is 20.3 Å². The smallest absolute Gasteiger partial charge is 0.221 e. The van der Waals surface area contributed by atoms with E-state index >= 15 is 0 Å². The molecule has 10 heteroatoms. The van der Waals surface area contributed by atoms with E-state index < -0.39 is 37.3 Å². The van der Waals surface area contributed by atoms with Crippen molar-refractivity contribution < 1.29 is 34.7 Å². The fourth-order valence-electron chi connectivity index (χ4n) is 2.28. The van der Waals surface area contributed by atoms with E-state index in [0.29, 0.717) is 26.1 Å². The van der Waals surface area contributed by atoms with Gasteiger partial charge in [0.2, 0.25) is 5.91 Å². The molecule has 1 aliphatic rings. The average molecular weight is 381 g/mol. The molecule has 0 saturated carbocycles. The number of nitrogens with two attached hydrogens (primary N) is 1. The minimum Gasteiger partial charge on any atom is -0.394 e. The molecule has 0 aromatic heterocycles. The van der Waals surface area contributed by atoms with Gasteiger partial charge in [-0.25, -0.2) is 0 Å². The van der Waals surface area contributed by atoms with Crippen molar-refractivity contribution in [1.82, 2.24) is 10.2 Å². The van der Waals surface area contributed by atoms with Crippen molar-refractivity contribution in [3.05, 3.63) is 0 Å². The molecule has 0 aromatic carbocycles. The largest absolute Gasteiger partial charge is 0.394 e. The minimum absolute atomic E-state index is 0.0487. The Balaban J connectivity index is 0.00000301. The molecule has 1 heterocycles. The maximum Gasteiger partial charge on any atom is 0.221 e. The second kappa shape index (κ2) is 14.2. The molecule has 1 amide bonds. The number of hydrogen-bond acceptors (Lipinski definition) is 9. The SMILES string of the molecule is CC.CN(CCN)CCC(=O)NCCOC1OC(CO)C(O)C(O)C1O. The Hall–Kier alpha value is -0.850. The first-order valence-corrected chi connectivity index (χ1v) is 8.98. The van der Waals surface area contributed by atoms with Gasteiger partial charge in [-0.2, -0.15) is 0 Å². The number of ether oxygens (including phenoxy) is 2. The highest BCUT2D eigenvalue weighted by atomic mass is 16.7. The third kappa shape index (κ3) is 8.69. The van der Waals surface area contributed by atoms with Crippen LogP contribution in [0.2, 0.25) is 0 Å². The molecular weight excluding hydrogens is 346 g/mol. The van der Waals surface area contributed by atoms with Crippen molar-refractivity contribution >= 4 is 5.91 Å². The highest BCUT2D eigenvalue weighted by Gasteiger charge is 2.43. The maximum atomic E-state index is 11.6. The van der Waals surface area contributed by atoms with Crippen LogP contribution in [0.3, 0.4) is 0 Å². The second-order valence-corrected chi connectivity index (χ2v) is 5.76. The van der Waals surface area contributed by atoms with Gasteiger partial charge in [-0.3, -0.25) is 4.79 Å². The summed E-state index contributed by atoms with van der Waals surface area (Å²) in [5.74, 6) is -0.142. The Labute approximate surface area is 154 Å². The summed E-state index contributed by atoms with van der Waals surface area (Å²) >= 11 is 0. The predicted molar refractivity (Wildman–Crippen MR) is 95.2 cm³/mol. The van der Waals surface area contributed by atoms with Crippen LogP contribution >= 0.6 is 0 Å². The van der Waals surface area contributed by atoms with Crippen LogP contribution in [0, 0.1) is 0 Å². The van der Waals surface area contributed by atoms with Gasteiger partial charge in [-0.15, -0.1) is 0 Å². The summed E-state index contributed by atoms with van der Waals surface area (Å²) < 4.78 is 10.4. The topological polar surface area (TPSA) is 158 Å². The van der Waals surface area contributed by atoms with E-state index in [-0.39, 0.29) is 19.1 Å². The first-order chi connectivity index (χ1) is 12.4. The number of nitrogens with one attached hydrogen (secondary N) is 1. The van der Waals surface area contributed by atoms with Crippen LogP contribution in [0.15, 0.2) is 0 Å². The van der Waals surface area contributed by atoms with Crippen molar-refractivity contribution in [3.8, 4) is 0 Å². The van der Waals surface area contributed by atoms with Crippen LogP contribution in [0.25, 0.3) is 0 Å². The Bertz CT molecular complexity index is 374. The molecule has 0 bridgehead atoms. The molecular formula is C16H35N3O7. The van der Waals surface area contributed by atoms with Crippen LogP contribution in [-0.2, 0) is 14.3 Å². The van der Waals surface area contributed by atoms with Crippen molar-refractivity contribution in [2.24, 2.45) is 5.73 Å². The Morgan fingerprint density at radius 2 is 1.85 bits per heavy atom. The summed E-state index contributed by atoms with van der Waals surface area (Å²) in [6.07, 6.45) is -6.21. The van der Waals surface area contributed by atoms with E-state index in [9.17, 15) is 20.1 Å². The maximum absolute atomic E-state index is 11.6. The number of aliphatic hydroxyl groups excluding tert-OH is 4. The number of hydrogen-bond donors (Lipinski definition) is 6. The molecule has 0 radical (unpaired) electrons. The van der Waals surface area contributed by atoms with Gasteiger partial charge in [0.1, 0.15) is 24.4 Å². The van der Waals surface area contributed by atoms with Crippen LogP contribution in [0.5, 0.6) is 0 Å². The zero-order chi connectivity index (χ0) is 20.1. The Morgan fingerprint density at radius 3 is 2.42 bits per heavy atom. The molecule has 5 unspecified atom stereocenters. The molecule has 0 aromatic rings. The number of carbonyl (C=O) groups excluding carboxylic acids is 1. The number of likely N-dealkylation sites (N-methyl/N-ethyl adjacent to an activating group) is 1. The number of amides is 1. The molecule has 0 aliphatic carbocycles. The normalized spacial score (nSPS) is 28.4. The lowest BCUT2D eigenvalue weighted by Crippen LogP contribution is -2.59. The number of rotatable bonds is 10. The Morgan fingerprint density at radius 1 is 1.19 bits per heavy atom. The number of nitrogens with zero attached hydrogens (tertiary/aromatic N) is 1. The lowest BCUT2D eigenvalue weighted by atomic mass is 9.99. The lowest BCUT2D eigenvalue weighted by Gasteiger charge is -2.39. The second-order valence-electron chi connectivity index (χ2n) is 5.76. The summed E-state index contributed by atoms with van der Waals surface area (Å²) in [5.41, 5.74) is 5.41. The van der Waals surface area contributed by atoms with Crippen LogP contribution in [-0.4, -0.2) is 108 Å². The zero-order valence-corrected chi connectivity index (χ0v) is 15.9. The summed E-state index contributed by atoms with van der Waals surface area (Å²) in [6, 6.07) is 0. The summed E-state index contributed by atoms with van der Waals surface area (Å²) in [4.78, 5) is 13.6. The van der Waals surface area contributed by atoms with Gasteiger partial charge < -0.3 is 45.9 Å². The summed E-state index contributed by atoms with van der Waals surface area (Å²) in [5, 5.41) is 40.8. The number of carbonyl (C=O) groups is 1. The molecule has 1 rings (SSSR count). The fraction of sp³-hybridized carbons (Fsp3) is 0.938. The third-order valence-corrected chi connectivity index (χ3v) is 3.79. The molecule has 1 fully saturated rings. The van der Waals surface area contributed by atoms with Gasteiger partial charge in [0.25, 0.3) is 0 Å². The average Bonchev–Trinajstić information content (AvgIpc) is 2.65. The monoisotopic (exact) mass is 381 g/mol. The van der Waals surface area contributed by atoms with E-state index in [1.165, 1.54) is 0 Å². The quantitative estimate of drug-likeness (QED) is 0.220. The molecule has 10 nitrogen and oxygen atoms in total. The van der Waals surface area contributed by atoms with Crippen molar-refractivity contribution in [2.75, 3.05) is 46.4 Å². The van der Waals surface area contributed by atoms with Gasteiger partial charge in [0, 0.05) is 32.6 Å². The van der Waals surface area contributed by atoms with Gasteiger partial charge in [0.15, 0.2) is 6.29 Å². The third-order valence-electron chi connectivity index (χ3n) is 3.79. The first kappa shape index (κ1) is 25.1. The van der Waals surface area contributed by atoms with E-state index in [0.717, 1.165) is 0 Å². The molecule has 1 saturated heterocycles. The van der Waals surface area contributed by atoms with E-state index in [2.05, 4.69) is 5.32 Å². The Kier molecular flexibility index (Phi) is 13.8. The van der Waals surface area contributed by atoms with Crippen molar-refractivity contribution in [3.63, 3.8) is 0 Å². The molecule has 156 valence electrons. The lowest BCUT2D eigenvalue weighted by molar-refractivity contribution is -0.300. The molecule has 5 atom stereocenters. The standard InChI is InChI=1S/C14H29N3O7.C2H6/c1-17(6-3-15)5-2-10(19)16-4-7-23-14-13(22)12(21)11(20)9(8-18)24-14;1-2/h9,11-14,18,20-22H,2-8,15H2,1H3,(H,16,19);1-2H3. The highest BCUT2D eigenvalue weighted by molar-refractivity contribution is 5.76. The molecule has 7 N–H and O–H groups in total. The van der Waals surface area contributed by atoms with E-state index in [1.807, 2.05) is 25.8 Å². The van der Waals surface area contributed by atoms with E-state index in [1.54, 1.807) is 0 Å². The molecule has 1 aliphatic heterocycles. The van der Waals surface area contributed by atoms with Gasteiger partial charge >= 0.3 is 0 Å². The van der Waals surface area contributed by atoms with Gasteiger partial charge in [-0.05, 0) is 7.05 Å². The zero-order valence-electron chi connectivity index (χ0n) is 15.9. The highest BCUT2D eigenvalue weighted by Crippen LogP contribution is 2.21. The van der Waals surface area contributed by atoms with Crippen molar-refractivity contribution in [2.45, 2.75) is 51.0 Å². The van der Waals surface area contributed by atoms with E-state index in [4.69, 9.17) is 20.3 Å². The number of aliphatic hydroxyl groups is 4. The van der Waals surface area contributed by atoms with Crippen molar-refractivity contribution in [1.29, 1.82) is 0 Å². The molecule has 0 spiro atoms. The first-order valence-electron chi connectivity index (χ1n) is 8.98. The van der Waals surface area contributed by atoms with Gasteiger partial charge in [-0.1, -0.05) is 13.8 Å². The van der Waals surface area contributed by atoms with Gasteiger partial charge in [0.05, 0.1) is 13.2 Å². The van der Waals surface area contributed by atoms with Crippen LogP contribution < -0.4 is 11.1 Å².